The summed E-state index contributed by atoms with van der Waals surface area (Å²) in [7, 11) is 6.71. The number of anilines is 1. The summed E-state index contributed by atoms with van der Waals surface area (Å²) in [5.41, 5.74) is 3.17. The first-order chi connectivity index (χ1) is 21.4. The van der Waals surface area contributed by atoms with Gasteiger partial charge in [0.15, 0.2) is 11.5 Å². The van der Waals surface area contributed by atoms with Gasteiger partial charge in [0.25, 0.3) is 11.8 Å². The number of rotatable bonds is 7. The van der Waals surface area contributed by atoms with Gasteiger partial charge < -0.3 is 33.8 Å². The first kappa shape index (κ1) is 29.4. The molecule has 2 amide bonds. The Morgan fingerprint density at radius 2 is 1.23 bits per heavy atom. The van der Waals surface area contributed by atoms with Crippen LogP contribution in [0.25, 0.3) is 16.6 Å². The Bertz CT molecular complexity index is 1630. The Morgan fingerprint density at radius 3 is 1.84 bits per heavy atom. The Hall–Kier alpha value is -4.70. The summed E-state index contributed by atoms with van der Waals surface area (Å²) in [6, 6.07) is 21.7. The van der Waals surface area contributed by atoms with E-state index in [9.17, 15) is 9.59 Å². The molecule has 0 bridgehead atoms. The van der Waals surface area contributed by atoms with Gasteiger partial charge in [-0.05, 0) is 37.4 Å². The smallest absolute Gasteiger partial charge is 0.258 e. The minimum atomic E-state index is -0.110. The normalized spacial score (nSPS) is 15.9. The number of fused-ring (bicyclic) bond motifs is 1. The average Bonchev–Trinajstić information content (AvgIpc) is 3.43. The van der Waals surface area contributed by atoms with Crippen molar-refractivity contribution in [3.8, 4) is 22.9 Å². The second-order valence-corrected chi connectivity index (χ2v) is 11.2. The van der Waals surface area contributed by atoms with Crippen molar-refractivity contribution in [1.82, 2.24) is 19.3 Å². The quantitative estimate of drug-likeness (QED) is 0.319. The molecule has 10 nitrogen and oxygen atoms in total. The number of hydrogen-bond donors (Lipinski definition) is 0. The molecule has 44 heavy (non-hydrogen) atoms. The summed E-state index contributed by atoms with van der Waals surface area (Å²) >= 11 is 0. The standard InChI is InChI=1S/C34H39N5O5/c1-35-14-16-38(17-15-35)34(41)30-26-12-8-9-13-27(26)39(25-10-6-5-7-11-25)32(30)36-18-20-37(21-19-36)33(40)24-22-28(42-2)31(44-4)29(23-24)43-3/h5-13,22-23H,14-21H2,1-4H3. The lowest BCUT2D eigenvalue weighted by atomic mass is 10.1. The fourth-order valence-corrected chi connectivity index (χ4v) is 6.25. The molecule has 0 spiro atoms. The Kier molecular flexibility index (Phi) is 8.34. The molecule has 0 saturated carbocycles. The van der Waals surface area contributed by atoms with Crippen LogP contribution in [-0.2, 0) is 0 Å². The van der Waals surface area contributed by atoms with Gasteiger partial charge in [-0.1, -0.05) is 36.4 Å². The lowest BCUT2D eigenvalue weighted by Crippen LogP contribution is -2.50. The summed E-state index contributed by atoms with van der Waals surface area (Å²) in [6.45, 7) is 5.21. The summed E-state index contributed by atoms with van der Waals surface area (Å²) in [4.78, 5) is 36.4. The summed E-state index contributed by atoms with van der Waals surface area (Å²) in [5, 5.41) is 0.936. The molecule has 0 atom stereocenters. The number of carbonyl (C=O) groups excluding carboxylic acids is 2. The number of methoxy groups -OCH3 is 3. The maximum absolute atomic E-state index is 14.3. The highest BCUT2D eigenvalue weighted by Gasteiger charge is 2.33. The van der Waals surface area contributed by atoms with Gasteiger partial charge in [0, 0.05) is 69.0 Å². The molecule has 0 radical (unpaired) electrons. The SMILES string of the molecule is COc1cc(C(=O)N2CCN(c3c(C(=O)N4CCN(C)CC4)c4ccccc4n3-c3ccccc3)CC2)cc(OC)c1OC. The third-order valence-electron chi connectivity index (χ3n) is 8.65. The highest BCUT2D eigenvalue weighted by molar-refractivity contribution is 6.13. The maximum Gasteiger partial charge on any atom is 0.258 e. The van der Waals surface area contributed by atoms with Crippen LogP contribution in [-0.4, -0.2) is 112 Å². The molecule has 10 heteroatoms. The summed E-state index contributed by atoms with van der Waals surface area (Å²) in [5.74, 6) is 2.14. The van der Waals surface area contributed by atoms with Crippen molar-refractivity contribution in [2.45, 2.75) is 0 Å². The largest absolute Gasteiger partial charge is 0.493 e. The fraction of sp³-hybridized carbons (Fsp3) is 0.353. The van der Waals surface area contributed by atoms with E-state index in [0.717, 1.165) is 41.1 Å². The van der Waals surface area contributed by atoms with E-state index in [1.807, 2.05) is 46.2 Å². The van der Waals surface area contributed by atoms with E-state index < -0.39 is 0 Å². The monoisotopic (exact) mass is 597 g/mol. The number of amides is 2. The van der Waals surface area contributed by atoms with Crippen LogP contribution in [0.5, 0.6) is 17.2 Å². The molecule has 6 rings (SSSR count). The molecule has 3 heterocycles. The van der Waals surface area contributed by atoms with Crippen molar-refractivity contribution in [2.75, 3.05) is 85.6 Å². The molecule has 0 aliphatic carbocycles. The highest BCUT2D eigenvalue weighted by atomic mass is 16.5. The van der Waals surface area contributed by atoms with Gasteiger partial charge in [-0.3, -0.25) is 14.2 Å². The molecule has 0 unspecified atom stereocenters. The molecule has 2 fully saturated rings. The Morgan fingerprint density at radius 1 is 0.659 bits per heavy atom. The number of piperazine rings is 2. The van der Waals surface area contributed by atoms with Gasteiger partial charge >= 0.3 is 0 Å². The second kappa shape index (κ2) is 12.5. The number of likely N-dealkylation sites (N-methyl/N-ethyl adjacent to an activating group) is 1. The van der Waals surface area contributed by atoms with E-state index in [1.54, 1.807) is 19.2 Å². The zero-order valence-electron chi connectivity index (χ0n) is 25.8. The van der Waals surface area contributed by atoms with Crippen molar-refractivity contribution in [2.24, 2.45) is 0 Å². The molecule has 2 aliphatic rings. The van der Waals surface area contributed by atoms with Crippen LogP contribution in [0.15, 0.2) is 66.7 Å². The molecule has 3 aromatic carbocycles. The molecular formula is C34H39N5O5. The average molecular weight is 598 g/mol. The molecular weight excluding hydrogens is 558 g/mol. The van der Waals surface area contributed by atoms with Crippen molar-refractivity contribution in [3.63, 3.8) is 0 Å². The number of hydrogen-bond acceptors (Lipinski definition) is 7. The van der Waals surface area contributed by atoms with E-state index in [2.05, 4.69) is 39.6 Å². The number of benzene rings is 3. The molecule has 230 valence electrons. The summed E-state index contributed by atoms with van der Waals surface area (Å²) in [6.07, 6.45) is 0. The predicted molar refractivity (Wildman–Crippen MR) is 171 cm³/mol. The van der Waals surface area contributed by atoms with Gasteiger partial charge in [-0.25, -0.2) is 0 Å². The summed E-state index contributed by atoms with van der Waals surface area (Å²) < 4.78 is 18.6. The van der Waals surface area contributed by atoms with Gasteiger partial charge in [0.1, 0.15) is 5.82 Å². The minimum Gasteiger partial charge on any atom is -0.493 e. The predicted octanol–water partition coefficient (Wildman–Crippen LogP) is 4.01. The number of carbonyl (C=O) groups is 2. The van der Waals surface area contributed by atoms with E-state index in [4.69, 9.17) is 14.2 Å². The number of para-hydroxylation sites is 2. The van der Waals surface area contributed by atoms with Gasteiger partial charge in [0.05, 0.1) is 32.4 Å². The van der Waals surface area contributed by atoms with Crippen LogP contribution in [0, 0.1) is 0 Å². The van der Waals surface area contributed by atoms with Crippen molar-refractivity contribution in [1.29, 1.82) is 0 Å². The van der Waals surface area contributed by atoms with Crippen LogP contribution in [0.1, 0.15) is 20.7 Å². The van der Waals surface area contributed by atoms with Crippen LogP contribution in [0.2, 0.25) is 0 Å². The van der Waals surface area contributed by atoms with E-state index in [-0.39, 0.29) is 11.8 Å². The van der Waals surface area contributed by atoms with Crippen LogP contribution >= 0.6 is 0 Å². The van der Waals surface area contributed by atoms with Crippen LogP contribution < -0.4 is 19.1 Å². The highest BCUT2D eigenvalue weighted by Crippen LogP contribution is 2.40. The molecule has 4 aromatic rings. The van der Waals surface area contributed by atoms with Gasteiger partial charge in [0.2, 0.25) is 5.75 Å². The third kappa shape index (κ3) is 5.30. The maximum atomic E-state index is 14.3. The van der Waals surface area contributed by atoms with Crippen LogP contribution in [0.4, 0.5) is 5.82 Å². The lowest BCUT2D eigenvalue weighted by molar-refractivity contribution is 0.0664. The minimum absolute atomic E-state index is 0.0508. The van der Waals surface area contributed by atoms with Gasteiger partial charge in [-0.2, -0.15) is 0 Å². The number of nitrogens with zero attached hydrogens (tertiary/aromatic N) is 5. The third-order valence-corrected chi connectivity index (χ3v) is 8.65. The molecule has 0 N–H and O–H groups in total. The van der Waals surface area contributed by atoms with Crippen molar-refractivity contribution in [3.05, 3.63) is 77.9 Å². The molecule has 1 aromatic heterocycles. The first-order valence-electron chi connectivity index (χ1n) is 15.0. The van der Waals surface area contributed by atoms with Crippen molar-refractivity contribution < 1.29 is 23.8 Å². The lowest BCUT2D eigenvalue weighted by Gasteiger charge is -2.38. The zero-order valence-corrected chi connectivity index (χ0v) is 25.8. The first-order valence-corrected chi connectivity index (χ1v) is 15.0. The zero-order chi connectivity index (χ0) is 30.8. The Balaban J connectivity index is 1.36. The van der Waals surface area contributed by atoms with Crippen molar-refractivity contribution >= 4 is 28.5 Å². The Labute approximate surface area is 257 Å². The number of aromatic nitrogens is 1. The van der Waals surface area contributed by atoms with E-state index in [1.165, 1.54) is 14.2 Å². The van der Waals surface area contributed by atoms with Crippen LogP contribution in [0.3, 0.4) is 0 Å². The van der Waals surface area contributed by atoms with E-state index >= 15 is 0 Å². The second-order valence-electron chi connectivity index (χ2n) is 11.2. The molecule has 2 aliphatic heterocycles. The number of ether oxygens (including phenoxy) is 3. The topological polar surface area (TPSA) is 79.7 Å². The van der Waals surface area contributed by atoms with E-state index in [0.29, 0.717) is 62.1 Å². The fourth-order valence-electron chi connectivity index (χ4n) is 6.25. The van der Waals surface area contributed by atoms with Gasteiger partial charge in [-0.15, -0.1) is 0 Å². The molecule has 2 saturated heterocycles.